The van der Waals surface area contributed by atoms with Crippen molar-refractivity contribution in [2.75, 3.05) is 7.11 Å². The van der Waals surface area contributed by atoms with Gasteiger partial charge in [0.15, 0.2) is 0 Å². The van der Waals surface area contributed by atoms with Crippen molar-refractivity contribution in [2.24, 2.45) is 0 Å². The van der Waals surface area contributed by atoms with Gasteiger partial charge in [0.05, 0.1) is 24.2 Å². The first-order valence-corrected chi connectivity index (χ1v) is 14.4. The molecule has 0 spiro atoms. The number of hydrogen-bond donors (Lipinski definition) is 0. The molecule has 0 bridgehead atoms. The average molecular weight is 607 g/mol. The van der Waals surface area contributed by atoms with Crippen LogP contribution in [-0.4, -0.2) is 49.3 Å². The number of rotatable bonds is 9. The zero-order chi connectivity index (χ0) is 30.5. The van der Waals surface area contributed by atoms with Crippen molar-refractivity contribution in [1.82, 2.24) is 29.1 Å². The second-order valence-electron chi connectivity index (χ2n) is 12.2. The minimum Gasteiger partial charge on any atom is -0.544 e. The number of carbonyl (C=O) groups is 1. The molecule has 41 heavy (non-hydrogen) atoms. The molecular formula is C31H48BCoN6O2. The van der Waals surface area contributed by atoms with Gasteiger partial charge in [-0.15, -0.1) is 0 Å². The van der Waals surface area contributed by atoms with Crippen LogP contribution in [0.25, 0.3) is 0 Å². The normalized spacial score (nSPS) is 11.5. The maximum Gasteiger partial charge on any atom is 2.00 e. The van der Waals surface area contributed by atoms with Crippen LogP contribution in [0.4, 0.5) is 0 Å². The summed E-state index contributed by atoms with van der Waals surface area (Å²) in [4.78, 5) is 9.66. The van der Waals surface area contributed by atoms with Gasteiger partial charge >= 0.3 is 16.8 Å². The number of nitrogens with zero attached hydrogens (tertiary/aromatic N) is 6. The summed E-state index contributed by atoms with van der Waals surface area (Å²) >= 11 is 0. The van der Waals surface area contributed by atoms with Gasteiger partial charge in [0.25, 0.3) is 7.12 Å². The Morgan fingerprint density at radius 2 is 0.927 bits per heavy atom. The maximum atomic E-state index is 9.66. The Hall–Kier alpha value is -2.77. The number of methoxy groups -OCH3 is 1. The van der Waals surface area contributed by atoms with E-state index in [0.29, 0.717) is 35.5 Å². The van der Waals surface area contributed by atoms with Crippen molar-refractivity contribution in [1.29, 1.82) is 0 Å². The molecule has 0 saturated heterocycles. The standard InChI is InChI=1S/C27H45BN6.C4H3O2.Co/c1-16(2)22-13-25(19(7)8)32(29-22)28(33-26(20(9)10)14-23(30-33)17(3)4)34-27(21(11)12)15-24(31-34)18(5)6;1-3-4(5)6-2;/h13-21H,1-12H3;2H3;/q2*-1;+2. The van der Waals surface area contributed by atoms with Gasteiger partial charge in [0, 0.05) is 0 Å². The van der Waals surface area contributed by atoms with E-state index in [1.165, 1.54) is 30.1 Å². The number of aromatic nitrogens is 6. The largest absolute Gasteiger partial charge is 2.00 e. The third-order valence-corrected chi connectivity index (χ3v) is 6.84. The van der Waals surface area contributed by atoms with Crippen LogP contribution in [0.15, 0.2) is 18.2 Å². The fourth-order valence-corrected chi connectivity index (χ4v) is 4.34. The molecule has 3 aromatic rings. The minimum absolute atomic E-state index is 0. The third kappa shape index (κ3) is 8.62. The molecule has 0 aliphatic rings. The summed E-state index contributed by atoms with van der Waals surface area (Å²) in [6, 6.07) is 6.81. The van der Waals surface area contributed by atoms with Crippen LogP contribution in [0.5, 0.6) is 0 Å². The van der Waals surface area contributed by atoms with E-state index in [4.69, 9.17) is 21.7 Å². The Morgan fingerprint density at radius 3 is 1.07 bits per heavy atom. The van der Waals surface area contributed by atoms with Crippen molar-refractivity contribution < 1.29 is 26.3 Å². The van der Waals surface area contributed by atoms with Gasteiger partial charge < -0.3 is 29.7 Å². The summed E-state index contributed by atoms with van der Waals surface area (Å²) in [5, 5.41) is 15.6. The van der Waals surface area contributed by atoms with Crippen LogP contribution in [0.3, 0.4) is 0 Å². The molecule has 0 N–H and O–H groups in total. The van der Waals surface area contributed by atoms with E-state index in [9.17, 15) is 4.79 Å². The minimum atomic E-state index is -0.741. The first-order valence-electron chi connectivity index (χ1n) is 14.4. The zero-order valence-corrected chi connectivity index (χ0v) is 28.1. The van der Waals surface area contributed by atoms with E-state index in [0.717, 1.165) is 17.1 Å². The predicted molar refractivity (Wildman–Crippen MR) is 162 cm³/mol. The monoisotopic (exact) mass is 606 g/mol. The molecule has 3 rings (SSSR count). The second-order valence-corrected chi connectivity index (χ2v) is 12.2. The topological polar surface area (TPSA) is 79.8 Å². The molecule has 3 aromatic heterocycles. The maximum absolute atomic E-state index is 9.66. The van der Waals surface area contributed by atoms with Crippen molar-refractivity contribution in [2.45, 2.75) is 119 Å². The SMILES string of the molecule is CC(C)c1cc(C(C)C)n([B-](n2nc(C(C)C)cc2C(C)C)n2nc(C(C)C)cc2C(C)C)n1.[C-]#CC(=O)OC.[Co+2]. The molecule has 0 unspecified atom stereocenters. The first-order chi connectivity index (χ1) is 18.6. The summed E-state index contributed by atoms with van der Waals surface area (Å²) in [5.74, 6) is 2.79. The molecule has 0 aliphatic carbocycles. The Labute approximate surface area is 258 Å². The Morgan fingerprint density at radius 1 is 0.659 bits per heavy atom. The Balaban J connectivity index is 0.00000108. The molecule has 2 radical (unpaired) electrons. The van der Waals surface area contributed by atoms with Gasteiger partial charge in [0.1, 0.15) is 0 Å². The summed E-state index contributed by atoms with van der Waals surface area (Å²) in [7, 11) is 0.906. The van der Waals surface area contributed by atoms with Gasteiger partial charge in [-0.25, -0.2) is 21.2 Å². The quantitative estimate of drug-likeness (QED) is 0.117. The fraction of sp³-hybridized carbons (Fsp3) is 0.613. The molecule has 0 amide bonds. The van der Waals surface area contributed by atoms with Crippen LogP contribution in [-0.2, 0) is 26.3 Å². The first kappa shape index (κ1) is 36.3. The molecule has 10 heteroatoms. The van der Waals surface area contributed by atoms with E-state index >= 15 is 0 Å². The van der Waals surface area contributed by atoms with Gasteiger partial charge in [-0.3, -0.25) is 0 Å². The van der Waals surface area contributed by atoms with Gasteiger partial charge in [-0.05, 0) is 70.8 Å². The van der Waals surface area contributed by atoms with Crippen molar-refractivity contribution in [3.63, 3.8) is 0 Å². The molecule has 226 valence electrons. The Bertz CT molecular complexity index is 1170. The summed E-state index contributed by atoms with van der Waals surface area (Å²) in [6.07, 6.45) is 6.08. The number of ether oxygens (including phenoxy) is 1. The van der Waals surface area contributed by atoms with E-state index in [-0.39, 0.29) is 23.9 Å². The van der Waals surface area contributed by atoms with Crippen LogP contribution >= 0.6 is 0 Å². The molecule has 0 atom stereocenters. The van der Waals surface area contributed by atoms with Gasteiger partial charge in [0.2, 0.25) is 5.97 Å². The van der Waals surface area contributed by atoms with Crippen LogP contribution in [0.2, 0.25) is 0 Å². The van der Waals surface area contributed by atoms with Crippen molar-refractivity contribution in [3.8, 4) is 5.92 Å². The second kappa shape index (κ2) is 15.5. The molecular weight excluding hydrogens is 558 g/mol. The summed E-state index contributed by atoms with van der Waals surface area (Å²) in [5.41, 5.74) is 6.96. The van der Waals surface area contributed by atoms with Gasteiger partial charge in [-0.1, -0.05) is 83.1 Å². The summed E-state index contributed by atoms with van der Waals surface area (Å²) < 4.78 is 10.5. The third-order valence-electron chi connectivity index (χ3n) is 6.84. The molecule has 0 fully saturated rings. The van der Waals surface area contributed by atoms with Crippen LogP contribution in [0, 0.1) is 12.3 Å². The summed E-state index contributed by atoms with van der Waals surface area (Å²) in [6.45, 7) is 26.7. The van der Waals surface area contributed by atoms with E-state index in [2.05, 4.69) is 120 Å². The van der Waals surface area contributed by atoms with Crippen LogP contribution < -0.4 is 0 Å². The predicted octanol–water partition coefficient (Wildman–Crippen LogP) is 6.69. The molecule has 0 aromatic carbocycles. The molecule has 8 nitrogen and oxygen atoms in total. The molecule has 0 aliphatic heterocycles. The smallest absolute Gasteiger partial charge is 0.544 e. The van der Waals surface area contributed by atoms with E-state index in [1.54, 1.807) is 0 Å². The molecule has 3 heterocycles. The fourth-order valence-electron chi connectivity index (χ4n) is 4.34. The van der Waals surface area contributed by atoms with E-state index in [1.807, 2.05) is 0 Å². The van der Waals surface area contributed by atoms with Gasteiger partial charge in [-0.2, -0.15) is 0 Å². The average Bonchev–Trinajstić information content (AvgIpc) is 3.62. The number of carbonyl (C=O) groups excluding carboxylic acids is 1. The Kier molecular flexibility index (Phi) is 13.7. The number of esters is 1. The van der Waals surface area contributed by atoms with Crippen LogP contribution in [0.1, 0.15) is 153 Å². The van der Waals surface area contributed by atoms with Crippen molar-refractivity contribution >= 4 is 13.1 Å². The molecule has 0 saturated carbocycles. The van der Waals surface area contributed by atoms with Crippen molar-refractivity contribution in [3.05, 3.63) is 58.8 Å². The van der Waals surface area contributed by atoms with E-state index < -0.39 is 5.97 Å². The number of hydrogen-bond acceptors (Lipinski definition) is 5. The zero-order valence-electron chi connectivity index (χ0n) is 27.1.